The summed E-state index contributed by atoms with van der Waals surface area (Å²) in [4.78, 5) is 11.5. The first-order chi connectivity index (χ1) is 12.4. The second kappa shape index (κ2) is 7.01. The molecule has 3 rings (SSSR count). The third kappa shape index (κ3) is 3.75. The number of hydrogen-bond acceptors (Lipinski definition) is 3. The van der Waals surface area contributed by atoms with Crippen LogP contribution in [-0.2, 0) is 10.0 Å². The van der Waals surface area contributed by atoms with Gasteiger partial charge in [-0.15, -0.1) is 0 Å². The average Bonchev–Trinajstić information content (AvgIpc) is 2.62. The van der Waals surface area contributed by atoms with Gasteiger partial charge in [-0.3, -0.25) is 4.72 Å². The number of rotatable bonds is 5. The van der Waals surface area contributed by atoms with Crippen LogP contribution in [0.25, 0.3) is 11.1 Å². The van der Waals surface area contributed by atoms with Crippen molar-refractivity contribution in [1.82, 2.24) is 0 Å². The van der Waals surface area contributed by atoms with Crippen LogP contribution in [0.5, 0.6) is 0 Å². The molecule has 0 aromatic heterocycles. The van der Waals surface area contributed by atoms with E-state index in [4.69, 9.17) is 0 Å². The molecule has 0 spiro atoms. The minimum Gasteiger partial charge on any atom is -0.478 e. The molecule has 0 amide bonds. The van der Waals surface area contributed by atoms with Crippen molar-refractivity contribution in [2.45, 2.75) is 11.8 Å². The summed E-state index contributed by atoms with van der Waals surface area (Å²) in [6.45, 7) is 1.89. The van der Waals surface area contributed by atoms with Crippen molar-refractivity contribution in [1.29, 1.82) is 0 Å². The molecule has 5 nitrogen and oxygen atoms in total. The second-order valence-electron chi connectivity index (χ2n) is 5.85. The van der Waals surface area contributed by atoms with E-state index in [0.29, 0.717) is 16.8 Å². The molecule has 0 atom stereocenters. The maximum atomic E-state index is 12.4. The number of aromatic carboxylic acids is 1. The molecular weight excluding hydrogens is 350 g/mol. The van der Waals surface area contributed by atoms with Crippen molar-refractivity contribution in [3.63, 3.8) is 0 Å². The number of nitrogens with one attached hydrogen (secondary N) is 1. The largest absolute Gasteiger partial charge is 0.478 e. The van der Waals surface area contributed by atoms with Crippen LogP contribution in [0, 0.1) is 6.92 Å². The predicted molar refractivity (Wildman–Crippen MR) is 101 cm³/mol. The molecule has 0 aliphatic carbocycles. The van der Waals surface area contributed by atoms with Gasteiger partial charge in [0.2, 0.25) is 0 Å². The first-order valence-corrected chi connectivity index (χ1v) is 9.37. The highest BCUT2D eigenvalue weighted by molar-refractivity contribution is 7.92. The van der Waals surface area contributed by atoms with E-state index in [0.717, 1.165) is 5.56 Å². The molecule has 2 N–H and O–H groups in total. The minimum absolute atomic E-state index is 0.184. The van der Waals surface area contributed by atoms with Gasteiger partial charge in [-0.25, -0.2) is 13.2 Å². The molecule has 0 aliphatic rings. The Bertz CT molecular complexity index is 1040. The van der Waals surface area contributed by atoms with Gasteiger partial charge >= 0.3 is 5.97 Å². The molecule has 26 heavy (non-hydrogen) atoms. The zero-order valence-electron chi connectivity index (χ0n) is 14.0. The van der Waals surface area contributed by atoms with Gasteiger partial charge in [0.15, 0.2) is 0 Å². The Morgan fingerprint density at radius 3 is 2.12 bits per heavy atom. The Morgan fingerprint density at radius 2 is 1.50 bits per heavy atom. The number of hydrogen-bond donors (Lipinski definition) is 2. The number of anilines is 1. The number of benzene rings is 3. The molecule has 3 aromatic rings. The van der Waals surface area contributed by atoms with E-state index in [1.165, 1.54) is 6.07 Å². The summed E-state index contributed by atoms with van der Waals surface area (Å²) in [5, 5.41) is 9.29. The van der Waals surface area contributed by atoms with E-state index in [1.54, 1.807) is 66.7 Å². The number of carboxylic acids is 1. The van der Waals surface area contributed by atoms with Crippen molar-refractivity contribution in [2.24, 2.45) is 0 Å². The van der Waals surface area contributed by atoms with Gasteiger partial charge in [-0.2, -0.15) is 0 Å². The van der Waals surface area contributed by atoms with Gasteiger partial charge in [0.05, 0.1) is 10.5 Å². The molecule has 3 aromatic carbocycles. The minimum atomic E-state index is -3.67. The number of carbonyl (C=O) groups is 1. The van der Waals surface area contributed by atoms with Crippen LogP contribution >= 0.6 is 0 Å². The fraction of sp³-hybridized carbons (Fsp3) is 0.0500. The second-order valence-corrected chi connectivity index (χ2v) is 7.53. The summed E-state index contributed by atoms with van der Waals surface area (Å²) >= 11 is 0. The van der Waals surface area contributed by atoms with Gasteiger partial charge in [-0.1, -0.05) is 48.0 Å². The normalized spacial score (nSPS) is 11.1. The van der Waals surface area contributed by atoms with Crippen LogP contribution < -0.4 is 4.72 Å². The van der Waals surface area contributed by atoms with E-state index in [-0.39, 0.29) is 10.5 Å². The molecule has 0 unspecified atom stereocenters. The first-order valence-electron chi connectivity index (χ1n) is 7.89. The SMILES string of the molecule is Cc1ccc(S(=O)(=O)Nc2ccc(-c3ccccc3C(=O)O)cc2)cc1. The molecule has 0 heterocycles. The van der Waals surface area contributed by atoms with E-state index in [9.17, 15) is 18.3 Å². The monoisotopic (exact) mass is 367 g/mol. The van der Waals surface area contributed by atoms with Crippen LogP contribution in [0.1, 0.15) is 15.9 Å². The number of carboxylic acid groups (broad SMARTS) is 1. The Hall–Kier alpha value is -3.12. The Morgan fingerprint density at radius 1 is 0.885 bits per heavy atom. The standard InChI is InChI=1S/C20H17NO4S/c1-14-6-12-17(13-7-14)26(24,25)21-16-10-8-15(9-11-16)18-4-2-3-5-19(18)20(22)23/h2-13,21H,1H3,(H,22,23). The van der Waals surface area contributed by atoms with Crippen LogP contribution in [0.15, 0.2) is 77.7 Å². The van der Waals surface area contributed by atoms with Crippen molar-refractivity contribution < 1.29 is 18.3 Å². The lowest BCUT2D eigenvalue weighted by Gasteiger charge is -2.10. The zero-order valence-corrected chi connectivity index (χ0v) is 14.8. The molecule has 0 aliphatic heterocycles. The predicted octanol–water partition coefficient (Wildman–Crippen LogP) is 4.16. The maximum Gasteiger partial charge on any atom is 0.336 e. The van der Waals surface area contributed by atoms with E-state index in [2.05, 4.69) is 4.72 Å². The summed E-state index contributed by atoms with van der Waals surface area (Å²) in [7, 11) is -3.67. The Labute approximate surface area is 152 Å². The fourth-order valence-corrected chi connectivity index (χ4v) is 3.63. The fourth-order valence-electron chi connectivity index (χ4n) is 2.57. The topological polar surface area (TPSA) is 83.5 Å². The lowest BCUT2D eigenvalue weighted by molar-refractivity contribution is 0.0697. The Kier molecular flexibility index (Phi) is 4.77. The lowest BCUT2D eigenvalue weighted by atomic mass is 10.00. The van der Waals surface area contributed by atoms with Gasteiger partial charge in [-0.05, 0) is 48.4 Å². The molecule has 6 heteroatoms. The van der Waals surface area contributed by atoms with Gasteiger partial charge in [0.1, 0.15) is 0 Å². The smallest absolute Gasteiger partial charge is 0.336 e. The quantitative estimate of drug-likeness (QED) is 0.709. The average molecular weight is 367 g/mol. The van der Waals surface area contributed by atoms with Crippen LogP contribution in [0.2, 0.25) is 0 Å². The molecule has 0 bridgehead atoms. The highest BCUT2D eigenvalue weighted by Gasteiger charge is 2.15. The highest BCUT2D eigenvalue weighted by atomic mass is 32.2. The summed E-state index contributed by atoms with van der Waals surface area (Å²) in [5.41, 5.74) is 2.85. The summed E-state index contributed by atoms with van der Waals surface area (Å²) < 4.78 is 27.4. The van der Waals surface area contributed by atoms with Gasteiger partial charge < -0.3 is 5.11 Å². The summed E-state index contributed by atoms with van der Waals surface area (Å²) in [6, 6.07) is 19.8. The Balaban J connectivity index is 1.87. The van der Waals surface area contributed by atoms with Crippen molar-refractivity contribution in [2.75, 3.05) is 4.72 Å². The summed E-state index contributed by atoms with van der Waals surface area (Å²) in [5.74, 6) is -1.01. The summed E-state index contributed by atoms with van der Waals surface area (Å²) in [6.07, 6.45) is 0. The van der Waals surface area contributed by atoms with Crippen LogP contribution in [0.3, 0.4) is 0 Å². The third-order valence-electron chi connectivity index (χ3n) is 3.94. The van der Waals surface area contributed by atoms with Gasteiger partial charge in [0, 0.05) is 5.69 Å². The number of aryl methyl sites for hydroxylation is 1. The molecule has 0 saturated heterocycles. The highest BCUT2D eigenvalue weighted by Crippen LogP contribution is 2.26. The van der Waals surface area contributed by atoms with Crippen LogP contribution in [0.4, 0.5) is 5.69 Å². The maximum absolute atomic E-state index is 12.4. The lowest BCUT2D eigenvalue weighted by Crippen LogP contribution is -2.12. The van der Waals surface area contributed by atoms with Crippen molar-refractivity contribution in [3.05, 3.63) is 83.9 Å². The first kappa shape index (κ1) is 17.7. The zero-order chi connectivity index (χ0) is 18.7. The molecule has 0 fully saturated rings. The molecule has 0 radical (unpaired) electrons. The molecular formula is C20H17NO4S. The van der Waals surface area contributed by atoms with Crippen LogP contribution in [-0.4, -0.2) is 19.5 Å². The van der Waals surface area contributed by atoms with E-state index >= 15 is 0 Å². The number of sulfonamides is 1. The van der Waals surface area contributed by atoms with E-state index < -0.39 is 16.0 Å². The van der Waals surface area contributed by atoms with Crippen molar-refractivity contribution in [3.8, 4) is 11.1 Å². The van der Waals surface area contributed by atoms with E-state index in [1.807, 2.05) is 6.92 Å². The molecule has 132 valence electrons. The third-order valence-corrected chi connectivity index (χ3v) is 5.33. The van der Waals surface area contributed by atoms with Gasteiger partial charge in [0.25, 0.3) is 10.0 Å². The molecule has 0 saturated carbocycles. The van der Waals surface area contributed by atoms with Crippen molar-refractivity contribution >= 4 is 21.7 Å².